The van der Waals surface area contributed by atoms with Crippen LogP contribution in [0.15, 0.2) is 97.2 Å². The number of carbonyl (C=O) groups excluding carboxylic acids is 1. The molecule has 12 atom stereocenters. The van der Waals surface area contributed by atoms with E-state index in [4.69, 9.17) is 18.9 Å². The fourth-order valence-corrected chi connectivity index (χ4v) is 8.48. The maximum Gasteiger partial charge on any atom is 0.220 e. The highest BCUT2D eigenvalue weighted by Gasteiger charge is 2.51. The number of hydrogen-bond donors (Lipinski definition) is 9. The number of nitrogens with one attached hydrogen (secondary N) is 1. The van der Waals surface area contributed by atoms with Crippen LogP contribution in [0.25, 0.3) is 0 Å². The fraction of sp³-hybridized carbons (Fsp3) is 0.712. The van der Waals surface area contributed by atoms with Crippen LogP contribution in [-0.2, 0) is 23.7 Å². The second kappa shape index (κ2) is 44.1. The topological polar surface area (TPSA) is 228 Å². The molecule has 2 aliphatic rings. The highest BCUT2D eigenvalue weighted by molar-refractivity contribution is 5.76. The molecule has 0 aliphatic carbocycles. The van der Waals surface area contributed by atoms with Crippen LogP contribution in [0.2, 0.25) is 0 Å². The molecule has 14 nitrogen and oxygen atoms in total. The summed E-state index contributed by atoms with van der Waals surface area (Å²) in [5.41, 5.74) is 0. The third-order valence-corrected chi connectivity index (χ3v) is 13.0. The molecule has 2 heterocycles. The Kier molecular flexibility index (Phi) is 39.9. The summed E-state index contributed by atoms with van der Waals surface area (Å²) in [4.78, 5) is 13.2. The average Bonchev–Trinajstić information content (AvgIpc) is 3.39. The fourth-order valence-electron chi connectivity index (χ4n) is 8.48. The maximum absolute atomic E-state index is 13.2. The van der Waals surface area contributed by atoms with E-state index in [2.05, 4.69) is 104 Å². The first kappa shape index (κ1) is 66.0. The van der Waals surface area contributed by atoms with Gasteiger partial charge in [0.1, 0.15) is 48.8 Å². The summed E-state index contributed by atoms with van der Waals surface area (Å²) in [6.45, 7) is 2.61. The molecule has 0 aromatic rings. The van der Waals surface area contributed by atoms with E-state index in [1.807, 2.05) is 6.08 Å². The zero-order chi connectivity index (χ0) is 53.2. The van der Waals surface area contributed by atoms with Gasteiger partial charge in [0.05, 0.1) is 32.0 Å². The summed E-state index contributed by atoms with van der Waals surface area (Å²) in [5, 5.41) is 86.8. The smallest absolute Gasteiger partial charge is 0.220 e. The Morgan fingerprint density at radius 2 is 0.959 bits per heavy atom. The van der Waals surface area contributed by atoms with Gasteiger partial charge in [-0.2, -0.15) is 0 Å². The first-order chi connectivity index (χ1) is 35.6. The lowest BCUT2D eigenvalue weighted by Crippen LogP contribution is -2.65. The molecule has 2 saturated heterocycles. The Labute approximate surface area is 439 Å². The molecule has 0 aromatic carbocycles. The van der Waals surface area contributed by atoms with Gasteiger partial charge >= 0.3 is 0 Å². The SMILES string of the molecule is CC/C=C\C/C=C\C/C=C\C/C=C\C/C=C\C/C=C\CCCCCCCCCCC(=O)NC(COC1OC(CO)C(OC2OC(CO)C(O)C(O)C2O)C(O)C1O)C(O)/C=C/CC/C=C/CCCCCCCC. The van der Waals surface area contributed by atoms with Crippen LogP contribution in [0, 0.1) is 0 Å². The van der Waals surface area contributed by atoms with Crippen molar-refractivity contribution >= 4 is 5.91 Å². The number of carbonyl (C=O) groups is 1. The van der Waals surface area contributed by atoms with Crippen molar-refractivity contribution in [1.29, 1.82) is 0 Å². The monoisotopic (exact) mass is 1030 g/mol. The number of aliphatic hydroxyl groups excluding tert-OH is 8. The summed E-state index contributed by atoms with van der Waals surface area (Å²) < 4.78 is 22.7. The molecule has 0 bridgehead atoms. The maximum atomic E-state index is 13.2. The molecule has 0 spiro atoms. The average molecular weight is 1030 g/mol. The molecule has 2 aliphatic heterocycles. The number of ether oxygens (including phenoxy) is 4. The van der Waals surface area contributed by atoms with E-state index < -0.39 is 86.8 Å². The number of amides is 1. The molecule has 9 N–H and O–H groups in total. The number of rotatable bonds is 42. The van der Waals surface area contributed by atoms with Crippen LogP contribution >= 0.6 is 0 Å². The van der Waals surface area contributed by atoms with E-state index >= 15 is 0 Å². The van der Waals surface area contributed by atoms with E-state index in [0.717, 1.165) is 83.5 Å². The van der Waals surface area contributed by atoms with Crippen molar-refractivity contribution in [2.75, 3.05) is 19.8 Å². The van der Waals surface area contributed by atoms with Gasteiger partial charge in [0.25, 0.3) is 0 Å². The van der Waals surface area contributed by atoms with Crippen LogP contribution in [0.5, 0.6) is 0 Å². The minimum absolute atomic E-state index is 0.257. The number of unbranched alkanes of at least 4 members (excludes halogenated alkanes) is 15. The quantitative estimate of drug-likeness (QED) is 0.0206. The van der Waals surface area contributed by atoms with Crippen LogP contribution < -0.4 is 5.32 Å². The Morgan fingerprint density at radius 1 is 0.507 bits per heavy atom. The molecule has 0 radical (unpaired) electrons. The molecule has 73 heavy (non-hydrogen) atoms. The van der Waals surface area contributed by atoms with E-state index in [1.165, 1.54) is 57.8 Å². The lowest BCUT2D eigenvalue weighted by molar-refractivity contribution is -0.359. The van der Waals surface area contributed by atoms with E-state index in [1.54, 1.807) is 6.08 Å². The standard InChI is InChI=1S/C59H99NO13/c1-3-5-7-9-11-13-15-17-18-19-20-21-22-23-24-25-26-27-28-29-30-31-33-35-37-39-41-43-51(64)60-47(48(63)42-40-38-36-34-32-16-14-12-10-8-6-4-2)46-70-58-56(69)54(67)57(50(45-62)72-58)73-59-55(68)53(66)52(65)49(44-61)71-59/h5,7,11,13,17-18,20-21,23-24,26-27,32,34,40,42,47-50,52-59,61-63,65-69H,3-4,6,8-10,12,14-16,19,22,25,28-31,33,35-39,41,43-46H2,1-2H3,(H,60,64)/b7-5-,13-11-,18-17-,21-20-,24-23-,27-26-,34-32+,42-40+. The van der Waals surface area contributed by atoms with Gasteiger partial charge < -0.3 is 65.1 Å². The van der Waals surface area contributed by atoms with Gasteiger partial charge in [-0.3, -0.25) is 4.79 Å². The Hall–Kier alpha value is -3.09. The van der Waals surface area contributed by atoms with Crippen molar-refractivity contribution in [3.63, 3.8) is 0 Å². The zero-order valence-electron chi connectivity index (χ0n) is 44.6. The van der Waals surface area contributed by atoms with Crippen LogP contribution in [0.1, 0.15) is 174 Å². The number of allylic oxidation sites excluding steroid dienone is 15. The Bertz CT molecular complexity index is 1590. The van der Waals surface area contributed by atoms with Crippen molar-refractivity contribution in [3.05, 3.63) is 97.2 Å². The van der Waals surface area contributed by atoms with Gasteiger partial charge in [0.15, 0.2) is 12.6 Å². The minimum Gasteiger partial charge on any atom is -0.394 e. The molecule has 1 amide bonds. The van der Waals surface area contributed by atoms with Crippen molar-refractivity contribution in [1.82, 2.24) is 5.32 Å². The lowest BCUT2D eigenvalue weighted by atomic mass is 9.97. The largest absolute Gasteiger partial charge is 0.394 e. The van der Waals surface area contributed by atoms with Crippen molar-refractivity contribution in [3.8, 4) is 0 Å². The molecular weight excluding hydrogens is 931 g/mol. The van der Waals surface area contributed by atoms with Crippen molar-refractivity contribution in [2.45, 2.75) is 248 Å². The predicted molar refractivity (Wildman–Crippen MR) is 290 cm³/mol. The molecule has 2 rings (SSSR count). The van der Waals surface area contributed by atoms with Crippen LogP contribution in [-0.4, -0.2) is 140 Å². The van der Waals surface area contributed by atoms with Gasteiger partial charge in [-0.15, -0.1) is 0 Å². The molecule has 12 unspecified atom stereocenters. The highest BCUT2D eigenvalue weighted by Crippen LogP contribution is 2.30. The van der Waals surface area contributed by atoms with Gasteiger partial charge in [-0.05, 0) is 83.5 Å². The third-order valence-electron chi connectivity index (χ3n) is 13.0. The first-order valence-electron chi connectivity index (χ1n) is 28.0. The summed E-state index contributed by atoms with van der Waals surface area (Å²) in [5.74, 6) is -0.264. The Balaban J connectivity index is 1.75. The zero-order valence-corrected chi connectivity index (χ0v) is 44.6. The van der Waals surface area contributed by atoms with Gasteiger partial charge in [-0.1, -0.05) is 182 Å². The van der Waals surface area contributed by atoms with Crippen LogP contribution in [0.4, 0.5) is 0 Å². The molecule has 14 heteroatoms. The molecular formula is C59H99NO13. The predicted octanol–water partition coefficient (Wildman–Crippen LogP) is 8.71. The second-order valence-electron chi connectivity index (χ2n) is 19.3. The number of hydrogen-bond acceptors (Lipinski definition) is 13. The van der Waals surface area contributed by atoms with E-state index in [0.29, 0.717) is 12.8 Å². The summed E-state index contributed by atoms with van der Waals surface area (Å²) in [7, 11) is 0. The normalized spacial score (nSPS) is 26.2. The van der Waals surface area contributed by atoms with Gasteiger partial charge in [0, 0.05) is 6.42 Å². The van der Waals surface area contributed by atoms with Crippen molar-refractivity contribution < 1.29 is 64.6 Å². The lowest BCUT2D eigenvalue weighted by Gasteiger charge is -2.46. The summed E-state index contributed by atoms with van der Waals surface area (Å²) in [6.07, 6.45) is 43.1. The first-order valence-corrected chi connectivity index (χ1v) is 28.0. The van der Waals surface area contributed by atoms with E-state index in [9.17, 15) is 45.6 Å². The second-order valence-corrected chi connectivity index (χ2v) is 19.3. The number of aliphatic hydroxyl groups is 8. The molecule has 0 saturated carbocycles. The van der Waals surface area contributed by atoms with Crippen molar-refractivity contribution in [2.24, 2.45) is 0 Å². The molecule has 0 aromatic heterocycles. The minimum atomic E-state index is -1.80. The highest BCUT2D eigenvalue weighted by atomic mass is 16.7. The van der Waals surface area contributed by atoms with Crippen LogP contribution in [0.3, 0.4) is 0 Å². The third kappa shape index (κ3) is 30.3. The van der Waals surface area contributed by atoms with Gasteiger partial charge in [0.2, 0.25) is 5.91 Å². The molecule has 418 valence electrons. The van der Waals surface area contributed by atoms with E-state index in [-0.39, 0.29) is 18.9 Å². The summed E-state index contributed by atoms with van der Waals surface area (Å²) >= 11 is 0. The summed E-state index contributed by atoms with van der Waals surface area (Å²) in [6, 6.07) is -0.941. The molecule has 2 fully saturated rings. The Morgan fingerprint density at radius 3 is 1.51 bits per heavy atom. The van der Waals surface area contributed by atoms with Gasteiger partial charge in [-0.25, -0.2) is 0 Å².